The summed E-state index contributed by atoms with van der Waals surface area (Å²) >= 11 is 7.11. The van der Waals surface area contributed by atoms with Crippen LogP contribution in [-0.2, 0) is 10.8 Å². The number of para-hydroxylation sites is 4. The van der Waals surface area contributed by atoms with Gasteiger partial charge in [-0.25, -0.2) is 0 Å². The standard InChI is InChI=1S/C64H49B3N4O2S4/c1-63(2)36-15-9-11-21-48(36)69-51-24-33(74-5)23-47-58(51)65(40-19-13-17-38(63)61(40)69)42-29-44-54(31-46(42)68-47)72-56-27-35(76-7)28-57-60(56)67(44)45-30-43-50(32-55(45)73-57)71(77-8)53-26-34(75-6)25-52-59(53)66(43)41-20-14-18-39-62(41)70(52)49-22-12-10-16-37(49)64(39,3)4/h9-32,68H,1-8H3. The lowest BCUT2D eigenvalue weighted by molar-refractivity contribution is 0.462. The summed E-state index contributed by atoms with van der Waals surface area (Å²) in [5, 5.41) is 4.05. The van der Waals surface area contributed by atoms with Crippen LogP contribution in [0.2, 0.25) is 0 Å². The smallest absolute Gasteiger partial charge is 0.260 e. The van der Waals surface area contributed by atoms with Gasteiger partial charge in [0, 0.05) is 83.5 Å². The summed E-state index contributed by atoms with van der Waals surface area (Å²) in [4.78, 5) is 8.76. The lowest BCUT2D eigenvalue weighted by Gasteiger charge is -2.49. The van der Waals surface area contributed by atoms with Crippen molar-refractivity contribution in [2.24, 2.45) is 0 Å². The van der Waals surface area contributed by atoms with Crippen molar-refractivity contribution in [1.29, 1.82) is 0 Å². The van der Waals surface area contributed by atoms with Crippen LogP contribution in [0.15, 0.2) is 160 Å². The summed E-state index contributed by atoms with van der Waals surface area (Å²) in [5.41, 5.74) is 28.6. The van der Waals surface area contributed by atoms with Crippen molar-refractivity contribution in [3.8, 4) is 23.0 Å². The first-order chi connectivity index (χ1) is 37.5. The second-order valence-electron chi connectivity index (χ2n) is 22.7. The molecule has 0 bridgehead atoms. The van der Waals surface area contributed by atoms with E-state index >= 15 is 0 Å². The molecule has 17 rings (SSSR count). The number of nitrogens with one attached hydrogen (secondary N) is 1. The van der Waals surface area contributed by atoms with Crippen LogP contribution in [0, 0.1) is 0 Å². The van der Waals surface area contributed by atoms with Crippen molar-refractivity contribution in [2.45, 2.75) is 53.2 Å². The van der Waals surface area contributed by atoms with Crippen LogP contribution >= 0.6 is 47.2 Å². The molecule has 0 aliphatic carbocycles. The van der Waals surface area contributed by atoms with Crippen molar-refractivity contribution in [2.75, 3.05) is 44.4 Å². The lowest BCUT2D eigenvalue weighted by Crippen LogP contribution is -2.65. The molecule has 0 spiro atoms. The minimum Gasteiger partial charge on any atom is -0.458 e. The normalized spacial score (nSPS) is 16.4. The molecule has 8 aliphatic rings. The van der Waals surface area contributed by atoms with Crippen LogP contribution in [0.4, 0.5) is 56.9 Å². The van der Waals surface area contributed by atoms with E-state index in [1.165, 1.54) is 116 Å². The molecule has 0 radical (unpaired) electrons. The van der Waals surface area contributed by atoms with Crippen molar-refractivity contribution in [3.63, 3.8) is 0 Å². The predicted octanol–water partition coefficient (Wildman–Crippen LogP) is 11.2. The van der Waals surface area contributed by atoms with Gasteiger partial charge in [-0.15, -0.1) is 35.3 Å². The highest BCUT2D eigenvalue weighted by molar-refractivity contribution is 8.00. The number of nitrogens with zero attached hydrogens (tertiary/aromatic N) is 3. The van der Waals surface area contributed by atoms with E-state index in [-0.39, 0.29) is 31.0 Å². The van der Waals surface area contributed by atoms with E-state index in [0.717, 1.165) is 50.2 Å². The first kappa shape index (κ1) is 45.4. The quantitative estimate of drug-likeness (QED) is 0.105. The fraction of sp³-hybridized carbons (Fsp3) is 0.156. The number of hydrogen-bond acceptors (Lipinski definition) is 10. The number of hydrogen-bond donors (Lipinski definition) is 1. The van der Waals surface area contributed by atoms with Gasteiger partial charge in [0.2, 0.25) is 0 Å². The Balaban J connectivity index is 0.911. The number of thioether (sulfide) groups is 3. The van der Waals surface area contributed by atoms with Crippen LogP contribution in [0.25, 0.3) is 0 Å². The lowest BCUT2D eigenvalue weighted by atomic mass is 9.29. The molecule has 0 unspecified atom stereocenters. The molecule has 0 saturated carbocycles. The van der Waals surface area contributed by atoms with Gasteiger partial charge >= 0.3 is 0 Å². The van der Waals surface area contributed by atoms with Gasteiger partial charge in [-0.3, -0.25) is 4.31 Å². The molecule has 0 atom stereocenters. The number of ether oxygens (including phenoxy) is 2. The predicted molar refractivity (Wildman–Crippen MR) is 334 cm³/mol. The number of fused-ring (bicyclic) bond motifs is 16. The number of rotatable bonds is 4. The summed E-state index contributed by atoms with van der Waals surface area (Å²) in [6, 6.07) is 56.1. The third-order valence-corrected chi connectivity index (χ3v) is 21.4. The second-order valence-corrected chi connectivity index (χ2v) is 26.1. The monoisotopic (exact) mass is 1070 g/mol. The van der Waals surface area contributed by atoms with Crippen LogP contribution in [-0.4, -0.2) is 45.2 Å². The molecule has 0 aromatic heterocycles. The molecule has 0 amide bonds. The van der Waals surface area contributed by atoms with Gasteiger partial charge in [-0.05, 0) is 145 Å². The Kier molecular flexibility index (Phi) is 9.17. The Labute approximate surface area is 468 Å². The Morgan fingerprint density at radius 1 is 0.390 bits per heavy atom. The fourth-order valence-corrected chi connectivity index (χ4v) is 17.2. The molecular weight excluding hydrogens is 1020 g/mol. The third kappa shape index (κ3) is 5.68. The molecule has 9 aromatic rings. The maximum atomic E-state index is 7.30. The molecular formula is C64H49B3N4O2S4. The first-order valence-electron chi connectivity index (χ1n) is 26.5. The van der Waals surface area contributed by atoms with Crippen LogP contribution in [0.3, 0.4) is 0 Å². The molecule has 6 nitrogen and oxygen atoms in total. The van der Waals surface area contributed by atoms with E-state index in [1.807, 2.05) is 11.8 Å². The van der Waals surface area contributed by atoms with E-state index in [0.29, 0.717) is 0 Å². The third-order valence-electron chi connectivity index (χ3n) is 18.5. The van der Waals surface area contributed by atoms with E-state index < -0.39 is 0 Å². The van der Waals surface area contributed by atoms with Gasteiger partial charge in [0.05, 0.1) is 22.7 Å². The first-order valence-corrected chi connectivity index (χ1v) is 31.4. The summed E-state index contributed by atoms with van der Waals surface area (Å²) in [5.74, 6) is 3.49. The Bertz CT molecular complexity index is 4240. The highest BCUT2D eigenvalue weighted by Crippen LogP contribution is 2.56. The second kappa shape index (κ2) is 15.6. The van der Waals surface area contributed by atoms with E-state index in [1.54, 1.807) is 35.5 Å². The van der Waals surface area contributed by atoms with Crippen molar-refractivity contribution < 1.29 is 9.47 Å². The average Bonchev–Trinajstić information content (AvgIpc) is 3.64. The zero-order chi connectivity index (χ0) is 51.7. The largest absolute Gasteiger partial charge is 0.458 e. The molecule has 8 heterocycles. The number of anilines is 10. The molecule has 9 aromatic carbocycles. The van der Waals surface area contributed by atoms with Gasteiger partial charge < -0.3 is 24.6 Å². The number of benzene rings is 9. The highest BCUT2D eigenvalue weighted by atomic mass is 32.2. The van der Waals surface area contributed by atoms with Gasteiger partial charge in [-0.2, -0.15) is 0 Å². The molecule has 1 N–H and O–H groups in total. The van der Waals surface area contributed by atoms with E-state index in [2.05, 4.69) is 218 Å². The molecule has 370 valence electrons. The van der Waals surface area contributed by atoms with Crippen LogP contribution < -0.4 is 78.1 Å². The van der Waals surface area contributed by atoms with Crippen LogP contribution in [0.1, 0.15) is 49.9 Å². The summed E-state index contributed by atoms with van der Waals surface area (Å²) in [6.45, 7) is 9.40. The average molecular weight is 1070 g/mol. The maximum Gasteiger partial charge on any atom is 0.260 e. The van der Waals surface area contributed by atoms with Crippen molar-refractivity contribution >= 4 is 173 Å². The Hall–Kier alpha value is -6.63. The van der Waals surface area contributed by atoms with Gasteiger partial charge in [-0.1, -0.05) is 113 Å². The van der Waals surface area contributed by atoms with Gasteiger partial charge in [0.15, 0.2) is 0 Å². The summed E-state index contributed by atoms with van der Waals surface area (Å²) < 4.78 is 17.0. The highest BCUT2D eigenvalue weighted by Gasteiger charge is 2.52. The molecule has 77 heavy (non-hydrogen) atoms. The zero-order valence-electron chi connectivity index (χ0n) is 43.9. The van der Waals surface area contributed by atoms with Gasteiger partial charge in [0.25, 0.3) is 20.1 Å². The van der Waals surface area contributed by atoms with Crippen molar-refractivity contribution in [3.05, 3.63) is 168 Å². The molecule has 13 heteroatoms. The van der Waals surface area contributed by atoms with Crippen LogP contribution in [0.5, 0.6) is 23.0 Å². The minimum absolute atomic E-state index is 0.0210. The zero-order valence-corrected chi connectivity index (χ0v) is 47.1. The van der Waals surface area contributed by atoms with Gasteiger partial charge in [0.1, 0.15) is 23.0 Å². The van der Waals surface area contributed by atoms with E-state index in [9.17, 15) is 0 Å². The summed E-state index contributed by atoms with van der Waals surface area (Å²) in [7, 11) is 0. The SMILES string of the molecule is CSc1cc2c3c(c1)Oc1cc4c(cc1B3c1cc3c(cc1O2)Nc1cc(SC)cc2c1B3c1cccc3c1N2c1ccccc1C3(C)C)B1c2cccc3c2N(c2ccccc2C3(C)C)c2cc(SC)cc(c21)N4SC. The molecule has 0 fully saturated rings. The maximum absolute atomic E-state index is 7.30. The summed E-state index contributed by atoms with van der Waals surface area (Å²) in [6.07, 6.45) is 8.74. The Morgan fingerprint density at radius 3 is 1.48 bits per heavy atom. The Morgan fingerprint density at radius 2 is 0.883 bits per heavy atom. The van der Waals surface area contributed by atoms with Crippen molar-refractivity contribution in [1.82, 2.24) is 0 Å². The topological polar surface area (TPSA) is 40.2 Å². The molecule has 0 saturated heterocycles. The fourth-order valence-electron chi connectivity index (χ4n) is 15.1. The minimum atomic E-state index is -0.202. The molecule has 8 aliphatic heterocycles. The van der Waals surface area contributed by atoms with E-state index in [4.69, 9.17) is 9.47 Å².